The van der Waals surface area contributed by atoms with E-state index in [-0.39, 0.29) is 36.0 Å². The van der Waals surface area contributed by atoms with Gasteiger partial charge >= 0.3 is 0 Å². The summed E-state index contributed by atoms with van der Waals surface area (Å²) in [5.74, 6) is 0.904. The molecule has 1 fully saturated rings. The van der Waals surface area contributed by atoms with Crippen molar-refractivity contribution in [1.82, 2.24) is 15.5 Å². The molecule has 1 aliphatic rings. The van der Waals surface area contributed by atoms with E-state index in [1.807, 2.05) is 0 Å². The molecular formula is C19H41IN4O. The highest BCUT2D eigenvalue weighted by Gasteiger charge is 2.25. The van der Waals surface area contributed by atoms with Gasteiger partial charge in [-0.25, -0.2) is 0 Å². The largest absolute Gasteiger partial charge is 0.396 e. The molecule has 3 N–H and O–H groups in total. The lowest BCUT2D eigenvalue weighted by molar-refractivity contribution is 0.175. The van der Waals surface area contributed by atoms with Crippen molar-refractivity contribution in [2.75, 3.05) is 39.8 Å². The van der Waals surface area contributed by atoms with Crippen molar-refractivity contribution < 1.29 is 5.11 Å². The average molecular weight is 468 g/mol. The Hall–Kier alpha value is -0.0800. The summed E-state index contributed by atoms with van der Waals surface area (Å²) in [7, 11) is 2.24. The van der Waals surface area contributed by atoms with E-state index in [2.05, 4.69) is 43.4 Å². The van der Waals surface area contributed by atoms with Gasteiger partial charge in [-0.05, 0) is 51.5 Å². The minimum Gasteiger partial charge on any atom is -0.396 e. The van der Waals surface area contributed by atoms with Crippen molar-refractivity contribution in [2.45, 2.75) is 71.8 Å². The van der Waals surface area contributed by atoms with Gasteiger partial charge in [-0.3, -0.25) is 4.99 Å². The van der Waals surface area contributed by atoms with Gasteiger partial charge in [0.15, 0.2) is 5.96 Å². The van der Waals surface area contributed by atoms with Crippen LogP contribution in [0.4, 0.5) is 0 Å². The number of nitrogens with one attached hydrogen (secondary N) is 2. The number of nitrogens with zero attached hydrogens (tertiary/aromatic N) is 2. The third kappa shape index (κ3) is 8.91. The van der Waals surface area contributed by atoms with Crippen LogP contribution in [-0.4, -0.2) is 61.8 Å². The molecule has 1 saturated carbocycles. The van der Waals surface area contributed by atoms with Gasteiger partial charge < -0.3 is 20.6 Å². The molecule has 25 heavy (non-hydrogen) atoms. The molecule has 6 heteroatoms. The summed E-state index contributed by atoms with van der Waals surface area (Å²) in [4.78, 5) is 7.29. The van der Waals surface area contributed by atoms with Crippen LogP contribution >= 0.6 is 24.0 Å². The average Bonchev–Trinajstić information content (AvgIpc) is 3.13. The summed E-state index contributed by atoms with van der Waals surface area (Å²) < 4.78 is 0. The van der Waals surface area contributed by atoms with Crippen LogP contribution in [0.25, 0.3) is 0 Å². The Kier molecular flexibility index (Phi) is 14.0. The van der Waals surface area contributed by atoms with Crippen LogP contribution in [0.3, 0.4) is 0 Å². The quantitative estimate of drug-likeness (QED) is 0.248. The molecule has 0 aromatic carbocycles. The van der Waals surface area contributed by atoms with Crippen molar-refractivity contribution in [1.29, 1.82) is 0 Å². The van der Waals surface area contributed by atoms with Gasteiger partial charge in [0.2, 0.25) is 0 Å². The molecule has 1 rings (SSSR count). The molecule has 150 valence electrons. The zero-order valence-corrected chi connectivity index (χ0v) is 19.1. The number of likely N-dealkylation sites (N-methyl/N-ethyl adjacent to an activating group) is 1. The minimum absolute atomic E-state index is 0. The lowest BCUT2D eigenvalue weighted by Gasteiger charge is -2.29. The second-order valence-electron chi connectivity index (χ2n) is 7.22. The van der Waals surface area contributed by atoms with E-state index >= 15 is 0 Å². The summed E-state index contributed by atoms with van der Waals surface area (Å²) in [5.41, 5.74) is 0.123. The number of halogens is 1. The maximum absolute atomic E-state index is 9.35. The maximum Gasteiger partial charge on any atom is 0.191 e. The van der Waals surface area contributed by atoms with Gasteiger partial charge in [0.25, 0.3) is 0 Å². The number of hydrogen-bond donors (Lipinski definition) is 3. The monoisotopic (exact) mass is 468 g/mol. The van der Waals surface area contributed by atoms with Crippen molar-refractivity contribution in [3.05, 3.63) is 0 Å². The lowest BCUT2D eigenvalue weighted by Crippen LogP contribution is -2.43. The summed E-state index contributed by atoms with van der Waals surface area (Å²) in [6.07, 6.45) is 8.39. The van der Waals surface area contributed by atoms with E-state index in [1.165, 1.54) is 25.7 Å². The molecule has 0 aromatic heterocycles. The summed E-state index contributed by atoms with van der Waals surface area (Å²) >= 11 is 0. The molecule has 0 radical (unpaired) electrons. The van der Waals surface area contributed by atoms with Gasteiger partial charge in [0.1, 0.15) is 0 Å². The zero-order chi connectivity index (χ0) is 17.8. The van der Waals surface area contributed by atoms with Crippen LogP contribution in [-0.2, 0) is 0 Å². The fourth-order valence-corrected chi connectivity index (χ4v) is 3.61. The van der Waals surface area contributed by atoms with E-state index in [0.717, 1.165) is 57.4 Å². The molecular weight excluding hydrogens is 427 g/mol. The molecule has 0 heterocycles. The first kappa shape index (κ1) is 24.9. The summed E-state index contributed by atoms with van der Waals surface area (Å²) in [5, 5.41) is 16.2. The Morgan fingerprint density at radius 1 is 1.16 bits per heavy atom. The van der Waals surface area contributed by atoms with Crippen LogP contribution in [0.5, 0.6) is 0 Å². The predicted molar refractivity (Wildman–Crippen MR) is 119 cm³/mol. The van der Waals surface area contributed by atoms with Crippen LogP contribution in [0.1, 0.15) is 65.7 Å². The first-order valence-corrected chi connectivity index (χ1v) is 9.94. The van der Waals surface area contributed by atoms with Gasteiger partial charge in [-0.1, -0.05) is 26.7 Å². The minimum atomic E-state index is 0. The highest BCUT2D eigenvalue weighted by atomic mass is 127. The van der Waals surface area contributed by atoms with Gasteiger partial charge in [-0.2, -0.15) is 0 Å². The molecule has 0 saturated heterocycles. The Balaban J connectivity index is 0.00000576. The Morgan fingerprint density at radius 3 is 2.32 bits per heavy atom. The molecule has 5 nitrogen and oxygen atoms in total. The number of aliphatic hydroxyl groups excluding tert-OH is 1. The maximum atomic E-state index is 9.35. The first-order valence-electron chi connectivity index (χ1n) is 9.94. The Morgan fingerprint density at radius 2 is 1.80 bits per heavy atom. The SMILES string of the molecule is CCNC(=NCC(CC)(CC)CCO)NCCN(C)C1CCCC1.I. The van der Waals surface area contributed by atoms with E-state index in [9.17, 15) is 5.11 Å². The highest BCUT2D eigenvalue weighted by Crippen LogP contribution is 2.30. The number of hydrogen-bond acceptors (Lipinski definition) is 3. The molecule has 0 aliphatic heterocycles. The van der Waals surface area contributed by atoms with Crippen molar-refractivity contribution in [3.63, 3.8) is 0 Å². The second-order valence-corrected chi connectivity index (χ2v) is 7.22. The van der Waals surface area contributed by atoms with E-state index in [0.29, 0.717) is 0 Å². The van der Waals surface area contributed by atoms with Crippen molar-refractivity contribution in [3.8, 4) is 0 Å². The standard InChI is InChI=1S/C19H40N4O.HI/c1-5-19(6-2,12-15-24)16-22-18(20-7-3)21-13-14-23(4)17-10-8-9-11-17;/h17,24H,5-16H2,1-4H3,(H2,20,21,22);1H. The molecule has 0 atom stereocenters. The number of rotatable bonds is 11. The Labute approximate surface area is 172 Å². The van der Waals surface area contributed by atoms with Crippen LogP contribution in [0, 0.1) is 5.41 Å². The van der Waals surface area contributed by atoms with E-state index < -0.39 is 0 Å². The zero-order valence-electron chi connectivity index (χ0n) is 16.8. The lowest BCUT2D eigenvalue weighted by atomic mass is 9.79. The fourth-order valence-electron chi connectivity index (χ4n) is 3.61. The second kappa shape index (κ2) is 14.0. The van der Waals surface area contributed by atoms with Crippen LogP contribution in [0.2, 0.25) is 0 Å². The summed E-state index contributed by atoms with van der Waals surface area (Å²) in [6.45, 7) is 10.4. The topological polar surface area (TPSA) is 59.9 Å². The fraction of sp³-hybridized carbons (Fsp3) is 0.947. The molecule has 0 spiro atoms. The van der Waals surface area contributed by atoms with Crippen molar-refractivity contribution in [2.24, 2.45) is 10.4 Å². The highest BCUT2D eigenvalue weighted by molar-refractivity contribution is 14.0. The Bertz CT molecular complexity index is 355. The number of guanidine groups is 1. The normalized spacial score (nSPS) is 16.2. The molecule has 1 aliphatic carbocycles. The molecule has 0 aromatic rings. The summed E-state index contributed by atoms with van der Waals surface area (Å²) in [6, 6.07) is 0.767. The molecule has 0 bridgehead atoms. The predicted octanol–water partition coefficient (Wildman–Crippen LogP) is 3.22. The third-order valence-electron chi connectivity index (χ3n) is 5.76. The van der Waals surface area contributed by atoms with Crippen LogP contribution in [0.15, 0.2) is 4.99 Å². The van der Waals surface area contributed by atoms with Gasteiger partial charge in [-0.15, -0.1) is 24.0 Å². The van der Waals surface area contributed by atoms with E-state index in [1.54, 1.807) is 0 Å². The number of aliphatic imine (C=N–C) groups is 1. The third-order valence-corrected chi connectivity index (χ3v) is 5.76. The van der Waals surface area contributed by atoms with Crippen LogP contribution < -0.4 is 10.6 Å². The molecule has 0 amide bonds. The first-order chi connectivity index (χ1) is 11.6. The molecule has 0 unspecified atom stereocenters. The van der Waals surface area contributed by atoms with E-state index in [4.69, 9.17) is 4.99 Å². The number of aliphatic hydroxyl groups is 1. The van der Waals surface area contributed by atoms with Gasteiger partial charge in [0.05, 0.1) is 0 Å². The van der Waals surface area contributed by atoms with Gasteiger partial charge in [0, 0.05) is 38.8 Å². The van der Waals surface area contributed by atoms with Crippen molar-refractivity contribution >= 4 is 29.9 Å². The smallest absolute Gasteiger partial charge is 0.191 e.